The van der Waals surface area contributed by atoms with Gasteiger partial charge in [0, 0.05) is 48.4 Å². The zero-order valence-corrected chi connectivity index (χ0v) is 20.4. The van der Waals surface area contributed by atoms with Crippen LogP contribution in [0, 0.1) is 0 Å². The molecule has 3 aromatic rings. The maximum Gasteiger partial charge on any atom is 0.226 e. The molecular formula is C29H31ClN2O2. The molecule has 0 saturated carbocycles. The largest absolute Gasteiger partial charge is 0.438 e. The van der Waals surface area contributed by atoms with E-state index in [9.17, 15) is 5.11 Å². The van der Waals surface area contributed by atoms with Gasteiger partial charge in [-0.2, -0.15) is 0 Å². The standard InChI is InChI=1S/C29H31ClN2O2/c1-2-21-6-3-9-27-26(21)20-22(25-8-4-16-31-28(25)34-27)7-5-17-32-18-14-29(33,15-19-32)23-10-12-24(30)13-11-23/h3-4,6-13,16,33H,2,5,14-15,17-20H2,1H3/b22-7-. The van der Waals surface area contributed by atoms with E-state index >= 15 is 0 Å². The van der Waals surface area contributed by atoms with Gasteiger partial charge in [-0.3, -0.25) is 0 Å². The third kappa shape index (κ3) is 4.76. The number of nitrogens with zero attached hydrogens (tertiary/aromatic N) is 2. The molecule has 34 heavy (non-hydrogen) atoms. The minimum Gasteiger partial charge on any atom is -0.438 e. The fourth-order valence-corrected chi connectivity index (χ4v) is 5.27. The minimum atomic E-state index is -0.761. The first-order chi connectivity index (χ1) is 16.6. The molecular weight excluding hydrogens is 444 g/mol. The Bertz CT molecular complexity index is 1180. The molecule has 0 atom stereocenters. The average molecular weight is 475 g/mol. The number of hydrogen-bond acceptors (Lipinski definition) is 4. The van der Waals surface area contributed by atoms with Crippen LogP contribution in [0.1, 0.15) is 48.4 Å². The molecule has 1 aromatic heterocycles. The average Bonchev–Trinajstić information content (AvgIpc) is 3.02. The number of ether oxygens (including phenoxy) is 1. The molecule has 0 bridgehead atoms. The fraction of sp³-hybridized carbons (Fsp3) is 0.345. The van der Waals surface area contributed by atoms with E-state index < -0.39 is 5.60 Å². The second-order valence-corrected chi connectivity index (χ2v) is 9.72. The molecule has 176 valence electrons. The van der Waals surface area contributed by atoms with Gasteiger partial charge < -0.3 is 14.7 Å². The van der Waals surface area contributed by atoms with Crippen molar-refractivity contribution in [2.75, 3.05) is 19.6 Å². The molecule has 1 saturated heterocycles. The lowest BCUT2D eigenvalue weighted by atomic mass is 9.84. The van der Waals surface area contributed by atoms with E-state index in [0.717, 1.165) is 68.6 Å². The van der Waals surface area contributed by atoms with Gasteiger partial charge in [0.05, 0.1) is 5.60 Å². The van der Waals surface area contributed by atoms with Crippen LogP contribution in [0.15, 0.2) is 66.9 Å². The first-order valence-electron chi connectivity index (χ1n) is 12.2. The molecule has 4 nitrogen and oxygen atoms in total. The summed E-state index contributed by atoms with van der Waals surface area (Å²) in [6.45, 7) is 4.93. The Hall–Kier alpha value is -2.66. The molecule has 5 rings (SSSR count). The Morgan fingerprint density at radius 3 is 2.65 bits per heavy atom. The van der Waals surface area contributed by atoms with E-state index in [1.54, 1.807) is 6.20 Å². The normalized spacial score (nSPS) is 18.6. The van der Waals surface area contributed by atoms with Crippen molar-refractivity contribution in [3.8, 4) is 11.6 Å². The lowest BCUT2D eigenvalue weighted by molar-refractivity contribution is -0.0254. The van der Waals surface area contributed by atoms with E-state index in [0.29, 0.717) is 10.9 Å². The SMILES string of the molecule is CCc1cccc2c1C/C(=C/CCN1CCC(O)(c3ccc(Cl)cc3)CC1)c1cccnc1O2. The van der Waals surface area contributed by atoms with Crippen LogP contribution in [0.5, 0.6) is 11.6 Å². The highest BCUT2D eigenvalue weighted by Gasteiger charge is 2.33. The Morgan fingerprint density at radius 2 is 1.88 bits per heavy atom. The molecule has 0 unspecified atom stereocenters. The van der Waals surface area contributed by atoms with Crippen molar-refractivity contribution in [2.24, 2.45) is 0 Å². The Morgan fingerprint density at radius 1 is 1.09 bits per heavy atom. The second kappa shape index (κ2) is 9.91. The maximum absolute atomic E-state index is 11.2. The van der Waals surface area contributed by atoms with Crippen molar-refractivity contribution in [3.63, 3.8) is 0 Å². The van der Waals surface area contributed by atoms with Gasteiger partial charge in [-0.15, -0.1) is 0 Å². The Balaban J connectivity index is 1.28. The number of aromatic nitrogens is 1. The molecule has 0 aliphatic carbocycles. The van der Waals surface area contributed by atoms with Crippen LogP contribution in [-0.4, -0.2) is 34.6 Å². The highest BCUT2D eigenvalue weighted by Crippen LogP contribution is 2.39. The third-order valence-corrected chi connectivity index (χ3v) is 7.45. The predicted molar refractivity (Wildman–Crippen MR) is 137 cm³/mol. The van der Waals surface area contributed by atoms with Crippen molar-refractivity contribution in [1.29, 1.82) is 0 Å². The van der Waals surface area contributed by atoms with E-state index in [4.69, 9.17) is 16.3 Å². The van der Waals surface area contributed by atoms with E-state index in [-0.39, 0.29) is 0 Å². The number of allylic oxidation sites excluding steroid dienone is 1. The minimum absolute atomic E-state index is 0.687. The molecule has 2 aliphatic heterocycles. The number of fused-ring (bicyclic) bond motifs is 2. The van der Waals surface area contributed by atoms with Crippen LogP contribution in [0.25, 0.3) is 5.57 Å². The summed E-state index contributed by atoms with van der Waals surface area (Å²) in [5.74, 6) is 1.60. The summed E-state index contributed by atoms with van der Waals surface area (Å²) >= 11 is 6.02. The van der Waals surface area contributed by atoms with Crippen LogP contribution < -0.4 is 4.74 Å². The second-order valence-electron chi connectivity index (χ2n) is 9.28. The summed E-state index contributed by atoms with van der Waals surface area (Å²) in [5, 5.41) is 11.9. The molecule has 3 heterocycles. The van der Waals surface area contributed by atoms with Crippen molar-refractivity contribution >= 4 is 17.2 Å². The first kappa shape index (κ1) is 23.1. The van der Waals surface area contributed by atoms with Gasteiger partial charge in [0.2, 0.25) is 5.88 Å². The van der Waals surface area contributed by atoms with Gasteiger partial charge in [0.25, 0.3) is 0 Å². The number of likely N-dealkylation sites (tertiary alicyclic amines) is 1. The summed E-state index contributed by atoms with van der Waals surface area (Å²) < 4.78 is 6.25. The fourth-order valence-electron chi connectivity index (χ4n) is 5.14. The summed E-state index contributed by atoms with van der Waals surface area (Å²) in [6.07, 6.45) is 8.40. The van der Waals surface area contributed by atoms with Gasteiger partial charge in [-0.1, -0.05) is 48.9 Å². The number of pyridine rings is 1. The molecule has 0 spiro atoms. The zero-order chi connectivity index (χ0) is 23.5. The number of piperidine rings is 1. The monoisotopic (exact) mass is 474 g/mol. The summed E-state index contributed by atoms with van der Waals surface area (Å²) in [4.78, 5) is 6.97. The van der Waals surface area contributed by atoms with Gasteiger partial charge in [-0.05, 0) is 72.7 Å². The highest BCUT2D eigenvalue weighted by molar-refractivity contribution is 6.30. The van der Waals surface area contributed by atoms with Crippen molar-refractivity contribution in [1.82, 2.24) is 9.88 Å². The van der Waals surface area contributed by atoms with Crippen molar-refractivity contribution in [2.45, 2.75) is 44.6 Å². The number of halogens is 1. The molecule has 1 N–H and O–H groups in total. The summed E-state index contributed by atoms with van der Waals surface area (Å²) in [6, 6.07) is 18.0. The highest BCUT2D eigenvalue weighted by atomic mass is 35.5. The number of rotatable bonds is 5. The van der Waals surface area contributed by atoms with E-state index in [1.807, 2.05) is 36.4 Å². The van der Waals surface area contributed by atoms with Gasteiger partial charge >= 0.3 is 0 Å². The lowest BCUT2D eigenvalue weighted by Crippen LogP contribution is -2.42. The molecule has 5 heteroatoms. The Kier molecular flexibility index (Phi) is 6.73. The maximum atomic E-state index is 11.2. The third-order valence-electron chi connectivity index (χ3n) is 7.20. The molecule has 0 radical (unpaired) electrons. The van der Waals surface area contributed by atoms with Crippen LogP contribution in [0.4, 0.5) is 0 Å². The van der Waals surface area contributed by atoms with Crippen LogP contribution in [-0.2, 0) is 18.4 Å². The molecule has 2 aliphatic rings. The molecule has 1 fully saturated rings. The van der Waals surface area contributed by atoms with Crippen LogP contribution in [0.2, 0.25) is 5.02 Å². The van der Waals surface area contributed by atoms with Gasteiger partial charge in [0.15, 0.2) is 0 Å². The zero-order valence-electron chi connectivity index (χ0n) is 19.6. The lowest BCUT2D eigenvalue weighted by Gasteiger charge is -2.38. The van der Waals surface area contributed by atoms with Crippen LogP contribution in [0.3, 0.4) is 0 Å². The summed E-state index contributed by atoms with van der Waals surface area (Å²) in [7, 11) is 0. The van der Waals surface area contributed by atoms with E-state index in [2.05, 4.69) is 41.1 Å². The quantitative estimate of drug-likeness (QED) is 0.464. The van der Waals surface area contributed by atoms with E-state index in [1.165, 1.54) is 16.7 Å². The number of benzene rings is 2. The van der Waals surface area contributed by atoms with Gasteiger partial charge in [0.1, 0.15) is 5.75 Å². The van der Waals surface area contributed by atoms with Crippen molar-refractivity contribution in [3.05, 3.63) is 94.1 Å². The predicted octanol–water partition coefficient (Wildman–Crippen LogP) is 6.40. The number of hydrogen-bond donors (Lipinski definition) is 1. The molecule has 2 aromatic carbocycles. The van der Waals surface area contributed by atoms with Crippen molar-refractivity contribution < 1.29 is 9.84 Å². The first-order valence-corrected chi connectivity index (χ1v) is 12.6. The topological polar surface area (TPSA) is 45.6 Å². The smallest absolute Gasteiger partial charge is 0.226 e. The van der Waals surface area contributed by atoms with Gasteiger partial charge in [-0.25, -0.2) is 4.98 Å². The number of aliphatic hydroxyl groups is 1. The van der Waals surface area contributed by atoms with Crippen LogP contribution >= 0.6 is 11.6 Å². The Labute approximate surface area is 206 Å². The summed E-state index contributed by atoms with van der Waals surface area (Å²) in [5.41, 5.74) is 5.15. The number of aryl methyl sites for hydroxylation is 1. The molecule has 0 amide bonds.